The molecule has 0 unspecified atom stereocenters. The molecule has 0 bridgehead atoms. The summed E-state index contributed by atoms with van der Waals surface area (Å²) in [4.78, 5) is 13.0. The summed E-state index contributed by atoms with van der Waals surface area (Å²) in [5, 5.41) is 12.4. The summed E-state index contributed by atoms with van der Waals surface area (Å²) in [6.07, 6.45) is 0.381. The number of aryl methyl sites for hydroxylation is 1. The Morgan fingerprint density at radius 2 is 2.09 bits per heavy atom. The Bertz CT molecular complexity index is 766. The zero-order chi connectivity index (χ0) is 16.1. The van der Waals surface area contributed by atoms with Gasteiger partial charge in [-0.3, -0.25) is 4.79 Å². The van der Waals surface area contributed by atoms with Crippen molar-refractivity contribution in [3.8, 4) is 5.75 Å². The summed E-state index contributed by atoms with van der Waals surface area (Å²) in [6.45, 7) is 1.94. The summed E-state index contributed by atoms with van der Waals surface area (Å²) in [6, 6.07) is 11.0. The molecule has 3 aromatic rings. The van der Waals surface area contributed by atoms with Gasteiger partial charge in [0.15, 0.2) is 6.61 Å². The van der Waals surface area contributed by atoms with E-state index in [0.717, 1.165) is 10.6 Å². The molecule has 0 saturated heterocycles. The second kappa shape index (κ2) is 7.06. The smallest absolute Gasteiger partial charge is 0.253 e. The summed E-state index contributed by atoms with van der Waals surface area (Å²) in [7, 11) is 0. The molecule has 1 amide bonds. The molecule has 0 fully saturated rings. The number of hydrogen-bond donors (Lipinski definition) is 1. The van der Waals surface area contributed by atoms with E-state index >= 15 is 0 Å². The van der Waals surface area contributed by atoms with Gasteiger partial charge in [-0.1, -0.05) is 6.07 Å². The van der Waals surface area contributed by atoms with Crippen LogP contribution in [0.3, 0.4) is 0 Å². The van der Waals surface area contributed by atoms with Crippen molar-refractivity contribution in [2.45, 2.75) is 20.0 Å². The number of rotatable bonds is 6. The molecule has 0 aliphatic heterocycles. The van der Waals surface area contributed by atoms with Crippen molar-refractivity contribution in [1.29, 1.82) is 0 Å². The number of carbonyl (C=O) groups is 1. The lowest BCUT2D eigenvalue weighted by Crippen LogP contribution is -2.13. The van der Waals surface area contributed by atoms with Gasteiger partial charge in [0.2, 0.25) is 11.8 Å². The maximum absolute atomic E-state index is 11.9. The first-order chi connectivity index (χ1) is 11.2. The van der Waals surface area contributed by atoms with Gasteiger partial charge in [0.25, 0.3) is 5.89 Å². The number of amides is 1. The second-order valence-electron chi connectivity index (χ2n) is 4.83. The first-order valence-electron chi connectivity index (χ1n) is 7.03. The van der Waals surface area contributed by atoms with E-state index in [4.69, 9.17) is 9.15 Å². The Labute approximate surface area is 137 Å². The lowest BCUT2D eigenvalue weighted by atomic mass is 10.2. The molecule has 1 N–H and O–H groups in total. The van der Waals surface area contributed by atoms with Gasteiger partial charge in [-0.25, -0.2) is 0 Å². The average Bonchev–Trinajstić information content (AvgIpc) is 3.18. The van der Waals surface area contributed by atoms with E-state index < -0.39 is 0 Å². The third kappa shape index (κ3) is 4.40. The van der Waals surface area contributed by atoms with Crippen LogP contribution in [0.4, 0.5) is 5.69 Å². The number of anilines is 1. The van der Waals surface area contributed by atoms with Crippen molar-refractivity contribution in [3.63, 3.8) is 0 Å². The fourth-order valence-electron chi connectivity index (χ4n) is 1.95. The summed E-state index contributed by atoms with van der Waals surface area (Å²) < 4.78 is 10.8. The van der Waals surface area contributed by atoms with Gasteiger partial charge in [0.1, 0.15) is 5.75 Å². The molecule has 0 atom stereocenters. The van der Waals surface area contributed by atoms with Crippen LogP contribution in [0, 0.1) is 6.92 Å². The summed E-state index contributed by atoms with van der Waals surface area (Å²) in [5.74, 6) is 1.56. The number of aromatic nitrogens is 2. The van der Waals surface area contributed by atoms with Gasteiger partial charge in [-0.2, -0.15) is 0 Å². The standard InChI is InChI=1S/C16H15N3O3S/c1-11-18-19-16(22-11)10-21-13-6-4-12(5-7-13)17-15(20)9-14-3-2-8-23-14/h2-8H,9-10H2,1H3,(H,17,20). The zero-order valence-corrected chi connectivity index (χ0v) is 13.3. The van der Waals surface area contributed by atoms with E-state index in [1.807, 2.05) is 17.5 Å². The Balaban J connectivity index is 1.51. The number of carbonyl (C=O) groups excluding carboxylic acids is 1. The third-order valence-corrected chi connectivity index (χ3v) is 3.86. The van der Waals surface area contributed by atoms with E-state index in [0.29, 0.717) is 24.0 Å². The van der Waals surface area contributed by atoms with Crippen molar-refractivity contribution in [2.24, 2.45) is 0 Å². The summed E-state index contributed by atoms with van der Waals surface area (Å²) >= 11 is 1.57. The average molecular weight is 329 g/mol. The van der Waals surface area contributed by atoms with Crippen LogP contribution >= 0.6 is 11.3 Å². The molecule has 0 aliphatic rings. The van der Waals surface area contributed by atoms with Crippen molar-refractivity contribution in [1.82, 2.24) is 10.2 Å². The van der Waals surface area contributed by atoms with Crippen LogP contribution in [0.1, 0.15) is 16.7 Å². The molecule has 0 spiro atoms. The highest BCUT2D eigenvalue weighted by Gasteiger charge is 2.06. The van der Waals surface area contributed by atoms with Crippen LogP contribution in [0.25, 0.3) is 0 Å². The zero-order valence-electron chi connectivity index (χ0n) is 12.5. The maximum atomic E-state index is 11.9. The summed E-state index contributed by atoms with van der Waals surface area (Å²) in [5.41, 5.74) is 0.729. The van der Waals surface area contributed by atoms with Gasteiger partial charge < -0.3 is 14.5 Å². The quantitative estimate of drug-likeness (QED) is 0.751. The highest BCUT2D eigenvalue weighted by Crippen LogP contribution is 2.17. The molecule has 118 valence electrons. The molecule has 2 aromatic heterocycles. The highest BCUT2D eigenvalue weighted by atomic mass is 32.1. The van der Waals surface area contributed by atoms with Gasteiger partial charge in [0.05, 0.1) is 6.42 Å². The monoisotopic (exact) mass is 329 g/mol. The minimum Gasteiger partial charge on any atom is -0.484 e. The lowest BCUT2D eigenvalue weighted by Gasteiger charge is -2.07. The predicted octanol–water partition coefficient (Wildman–Crippen LogP) is 3.20. The van der Waals surface area contributed by atoms with Crippen molar-refractivity contribution in [3.05, 3.63) is 58.4 Å². The highest BCUT2D eigenvalue weighted by molar-refractivity contribution is 7.10. The number of thiophene rings is 1. The number of ether oxygens (including phenoxy) is 1. The molecule has 0 aliphatic carbocycles. The molecule has 6 nitrogen and oxygen atoms in total. The number of nitrogens with one attached hydrogen (secondary N) is 1. The molecule has 3 rings (SSSR count). The van der Waals surface area contributed by atoms with E-state index in [9.17, 15) is 4.79 Å². The van der Waals surface area contributed by atoms with E-state index in [-0.39, 0.29) is 12.5 Å². The van der Waals surface area contributed by atoms with Gasteiger partial charge in [0, 0.05) is 17.5 Å². The first kappa shape index (κ1) is 15.2. The van der Waals surface area contributed by atoms with Crippen LogP contribution in [-0.2, 0) is 17.8 Å². The largest absolute Gasteiger partial charge is 0.484 e. The minimum absolute atomic E-state index is 0.0394. The van der Waals surface area contributed by atoms with Crippen molar-refractivity contribution >= 4 is 22.9 Å². The molecule has 1 aromatic carbocycles. The second-order valence-corrected chi connectivity index (χ2v) is 5.86. The van der Waals surface area contributed by atoms with Gasteiger partial charge >= 0.3 is 0 Å². The normalized spacial score (nSPS) is 10.5. The molecule has 0 radical (unpaired) electrons. The number of benzene rings is 1. The van der Waals surface area contributed by atoms with E-state index in [1.54, 1.807) is 42.5 Å². The third-order valence-electron chi connectivity index (χ3n) is 2.98. The molecular weight excluding hydrogens is 314 g/mol. The van der Waals surface area contributed by atoms with Crippen molar-refractivity contribution in [2.75, 3.05) is 5.32 Å². The Kier molecular flexibility index (Phi) is 4.68. The van der Waals surface area contributed by atoms with Crippen LogP contribution in [-0.4, -0.2) is 16.1 Å². The molecule has 0 saturated carbocycles. The number of hydrogen-bond acceptors (Lipinski definition) is 6. The maximum Gasteiger partial charge on any atom is 0.253 e. The van der Waals surface area contributed by atoms with Crippen LogP contribution < -0.4 is 10.1 Å². The Hall–Kier alpha value is -2.67. The van der Waals surface area contributed by atoms with Crippen LogP contribution in [0.2, 0.25) is 0 Å². The van der Waals surface area contributed by atoms with Crippen LogP contribution in [0.15, 0.2) is 46.2 Å². The fourth-order valence-corrected chi connectivity index (χ4v) is 2.66. The number of nitrogens with zero attached hydrogens (tertiary/aromatic N) is 2. The van der Waals surface area contributed by atoms with E-state index in [1.165, 1.54) is 0 Å². The van der Waals surface area contributed by atoms with Gasteiger partial charge in [-0.15, -0.1) is 21.5 Å². The lowest BCUT2D eigenvalue weighted by molar-refractivity contribution is -0.115. The predicted molar refractivity (Wildman–Crippen MR) is 86.5 cm³/mol. The fraction of sp³-hybridized carbons (Fsp3) is 0.188. The topological polar surface area (TPSA) is 77.3 Å². The van der Waals surface area contributed by atoms with Crippen molar-refractivity contribution < 1.29 is 13.9 Å². The van der Waals surface area contributed by atoms with E-state index in [2.05, 4.69) is 15.5 Å². The Morgan fingerprint density at radius 1 is 1.26 bits per heavy atom. The molecule has 23 heavy (non-hydrogen) atoms. The van der Waals surface area contributed by atoms with Crippen LogP contribution in [0.5, 0.6) is 5.75 Å². The molecular formula is C16H15N3O3S. The SMILES string of the molecule is Cc1nnc(COc2ccc(NC(=O)Cc3cccs3)cc2)o1. The van der Waals surface area contributed by atoms with Gasteiger partial charge in [-0.05, 0) is 35.7 Å². The minimum atomic E-state index is -0.0394. The first-order valence-corrected chi connectivity index (χ1v) is 7.91. The molecule has 2 heterocycles. The molecule has 7 heteroatoms. The Morgan fingerprint density at radius 3 is 2.74 bits per heavy atom.